The third-order valence-corrected chi connectivity index (χ3v) is 6.13. The zero-order valence-corrected chi connectivity index (χ0v) is 20.0. The highest BCUT2D eigenvalue weighted by Crippen LogP contribution is 2.50. The lowest BCUT2D eigenvalue weighted by molar-refractivity contribution is -0.207. The molecule has 2 aromatic heterocycles. The zero-order valence-electron chi connectivity index (χ0n) is 20.0. The summed E-state index contributed by atoms with van der Waals surface area (Å²) in [5.41, 5.74) is -3.32. The molecule has 0 aliphatic carbocycles. The van der Waals surface area contributed by atoms with Crippen LogP contribution in [0, 0.1) is 17.7 Å². The number of aliphatic hydroxyl groups is 1. The number of rotatable bonds is 4. The fourth-order valence-electron chi connectivity index (χ4n) is 4.13. The van der Waals surface area contributed by atoms with Crippen LogP contribution < -0.4 is 5.32 Å². The number of halogens is 6. The quantitative estimate of drug-likeness (QED) is 0.293. The number of alkyl halides is 5. The fraction of sp³-hybridized carbons (Fsp3) is 0.192. The van der Waals surface area contributed by atoms with Gasteiger partial charge in [-0.05, 0) is 59.0 Å². The first-order valence-corrected chi connectivity index (χ1v) is 11.5. The van der Waals surface area contributed by atoms with Crippen molar-refractivity contribution in [3.8, 4) is 23.2 Å². The molecule has 1 aliphatic heterocycles. The molecule has 0 spiro atoms. The largest absolute Gasteiger partial charge is 0.405 e. The number of fused-ring (bicyclic) bond motifs is 3. The average molecular weight is 558 g/mol. The summed E-state index contributed by atoms with van der Waals surface area (Å²) in [4.78, 5) is 15.6. The van der Waals surface area contributed by atoms with Crippen molar-refractivity contribution in [3.63, 3.8) is 0 Å². The first-order chi connectivity index (χ1) is 18.9. The van der Waals surface area contributed by atoms with Gasteiger partial charge >= 0.3 is 12.1 Å². The van der Waals surface area contributed by atoms with Crippen molar-refractivity contribution in [1.29, 1.82) is 0 Å². The summed E-state index contributed by atoms with van der Waals surface area (Å²) >= 11 is 0. The van der Waals surface area contributed by atoms with E-state index in [9.17, 15) is 27.5 Å². The van der Waals surface area contributed by atoms with E-state index in [1.165, 1.54) is 30.3 Å². The molecular weight excluding hydrogens is 542 g/mol. The van der Waals surface area contributed by atoms with Gasteiger partial charge in [0, 0.05) is 34.0 Å². The molecule has 1 atom stereocenters. The topological polar surface area (TPSA) is 106 Å². The van der Waals surface area contributed by atoms with E-state index in [2.05, 4.69) is 32.4 Å². The van der Waals surface area contributed by atoms with Crippen molar-refractivity contribution < 1.29 is 36.2 Å². The van der Waals surface area contributed by atoms with Crippen LogP contribution in [-0.4, -0.2) is 48.9 Å². The number of hydrogen-bond donors (Lipinski definition) is 2. The number of hydrogen-bond acceptors (Lipinski definition) is 6. The number of carbonyl (C=O) groups is 1. The molecule has 2 aromatic carbocycles. The minimum Gasteiger partial charge on any atom is -0.377 e. The third kappa shape index (κ3) is 4.98. The summed E-state index contributed by atoms with van der Waals surface area (Å²) in [6.07, 6.45) is -3.46. The van der Waals surface area contributed by atoms with Crippen LogP contribution in [0.3, 0.4) is 0 Å². The zero-order chi connectivity index (χ0) is 28.7. The second-order valence-electron chi connectivity index (χ2n) is 8.84. The van der Waals surface area contributed by atoms with Crippen molar-refractivity contribution in [3.05, 3.63) is 94.6 Å². The lowest BCUT2D eigenvalue weighted by Gasteiger charge is -2.39. The first-order valence-electron chi connectivity index (χ1n) is 11.5. The number of amides is 1. The molecule has 0 fully saturated rings. The van der Waals surface area contributed by atoms with Crippen LogP contribution in [0.2, 0.25) is 0 Å². The standard InChI is InChI=1S/C26H16F6N6O2/c27-18-8-9-20-19(11-18)22-35-36-37-38(22)14-24(20,40)26(31,32)21-10-5-16(12-33-21)2-1-15-3-6-17(7-4-15)23(39)34-13-25(28,29)30/h3-12,40H,13-14H2,(H,34,39). The average Bonchev–Trinajstić information content (AvgIpc) is 3.39. The van der Waals surface area contributed by atoms with E-state index in [0.717, 1.165) is 35.1 Å². The van der Waals surface area contributed by atoms with E-state index in [1.54, 1.807) is 5.32 Å². The van der Waals surface area contributed by atoms with Gasteiger partial charge in [-0.3, -0.25) is 9.78 Å². The number of tetrazole rings is 1. The van der Waals surface area contributed by atoms with Crippen LogP contribution in [-0.2, 0) is 18.1 Å². The van der Waals surface area contributed by atoms with Crippen molar-refractivity contribution in [2.75, 3.05) is 6.54 Å². The van der Waals surface area contributed by atoms with Gasteiger partial charge in [0.1, 0.15) is 18.1 Å². The Balaban J connectivity index is 1.35. The lowest BCUT2D eigenvalue weighted by atomic mass is 9.80. The number of nitrogens with zero attached hydrogens (tertiary/aromatic N) is 5. The van der Waals surface area contributed by atoms with Gasteiger partial charge in [-0.2, -0.15) is 22.0 Å². The van der Waals surface area contributed by atoms with Gasteiger partial charge in [0.25, 0.3) is 5.91 Å². The number of pyridine rings is 1. The maximum atomic E-state index is 15.8. The predicted molar refractivity (Wildman–Crippen MR) is 126 cm³/mol. The Bertz CT molecular complexity index is 1640. The van der Waals surface area contributed by atoms with Gasteiger partial charge < -0.3 is 10.4 Å². The predicted octanol–water partition coefficient (Wildman–Crippen LogP) is 3.56. The van der Waals surface area contributed by atoms with Gasteiger partial charge in [0.15, 0.2) is 11.4 Å². The van der Waals surface area contributed by atoms with Crippen LogP contribution in [0.4, 0.5) is 26.3 Å². The van der Waals surface area contributed by atoms with Gasteiger partial charge in [0.2, 0.25) is 0 Å². The Morgan fingerprint density at radius 1 is 1.02 bits per heavy atom. The minimum atomic E-state index is -4.54. The highest BCUT2D eigenvalue weighted by Gasteiger charge is 2.59. The van der Waals surface area contributed by atoms with E-state index in [1.807, 2.05) is 0 Å². The van der Waals surface area contributed by atoms with Gasteiger partial charge in [-0.1, -0.05) is 17.9 Å². The smallest absolute Gasteiger partial charge is 0.377 e. The van der Waals surface area contributed by atoms with Crippen LogP contribution in [0.1, 0.15) is 32.7 Å². The Morgan fingerprint density at radius 3 is 2.40 bits per heavy atom. The number of carbonyl (C=O) groups excluding carboxylic acids is 1. The highest BCUT2D eigenvalue weighted by molar-refractivity contribution is 5.94. The highest BCUT2D eigenvalue weighted by atomic mass is 19.4. The van der Waals surface area contributed by atoms with E-state index in [0.29, 0.717) is 5.56 Å². The summed E-state index contributed by atoms with van der Waals surface area (Å²) in [5, 5.41) is 23.8. The molecule has 40 heavy (non-hydrogen) atoms. The number of benzene rings is 2. The Hall–Kier alpha value is -4.77. The molecule has 1 aliphatic rings. The van der Waals surface area contributed by atoms with E-state index >= 15 is 8.78 Å². The maximum absolute atomic E-state index is 15.8. The Labute approximate surface area is 221 Å². The minimum absolute atomic E-state index is 0.00167. The number of aromatic nitrogens is 5. The van der Waals surface area contributed by atoms with Crippen molar-refractivity contribution in [2.45, 2.75) is 24.2 Å². The molecule has 0 radical (unpaired) electrons. The summed E-state index contributed by atoms with van der Waals surface area (Å²) in [6.45, 7) is -2.18. The molecule has 5 rings (SSSR count). The maximum Gasteiger partial charge on any atom is 0.405 e. The molecule has 1 unspecified atom stereocenters. The Morgan fingerprint density at radius 2 is 1.73 bits per heavy atom. The SMILES string of the molecule is O=C(NCC(F)(F)F)c1ccc(C#Cc2ccc(C(F)(F)C3(O)Cn4nnnc4-c4cc(F)ccc43)nc2)cc1. The molecule has 2 N–H and O–H groups in total. The molecule has 1 amide bonds. The lowest BCUT2D eigenvalue weighted by Crippen LogP contribution is -2.49. The second kappa shape index (κ2) is 9.76. The molecular formula is C26H16F6N6O2. The van der Waals surface area contributed by atoms with E-state index in [-0.39, 0.29) is 28.1 Å². The number of nitrogens with one attached hydrogen (secondary N) is 1. The molecule has 0 saturated heterocycles. The molecule has 3 heterocycles. The normalized spacial score (nSPS) is 16.4. The van der Waals surface area contributed by atoms with Gasteiger partial charge in [0.05, 0.1) is 6.54 Å². The molecule has 0 bridgehead atoms. The monoisotopic (exact) mass is 558 g/mol. The molecule has 4 aromatic rings. The summed E-state index contributed by atoms with van der Waals surface area (Å²) in [7, 11) is 0. The van der Waals surface area contributed by atoms with E-state index in [4.69, 9.17) is 0 Å². The van der Waals surface area contributed by atoms with Crippen molar-refractivity contribution >= 4 is 5.91 Å². The fourth-order valence-corrected chi connectivity index (χ4v) is 4.13. The summed E-state index contributed by atoms with van der Waals surface area (Å²) in [6, 6.07) is 10.6. The van der Waals surface area contributed by atoms with Crippen LogP contribution in [0.15, 0.2) is 60.8 Å². The third-order valence-electron chi connectivity index (χ3n) is 6.13. The Kier molecular flexibility index (Phi) is 6.54. The molecule has 8 nitrogen and oxygen atoms in total. The summed E-state index contributed by atoms with van der Waals surface area (Å²) < 4.78 is 83.2. The summed E-state index contributed by atoms with van der Waals surface area (Å²) in [5.74, 6) is -0.101. The van der Waals surface area contributed by atoms with E-state index < -0.39 is 48.2 Å². The first kappa shape index (κ1) is 26.8. The van der Waals surface area contributed by atoms with Crippen LogP contribution in [0.25, 0.3) is 11.4 Å². The van der Waals surface area contributed by atoms with Crippen LogP contribution >= 0.6 is 0 Å². The van der Waals surface area contributed by atoms with Crippen molar-refractivity contribution in [2.24, 2.45) is 0 Å². The molecule has 14 heteroatoms. The van der Waals surface area contributed by atoms with Crippen molar-refractivity contribution in [1.82, 2.24) is 30.5 Å². The second-order valence-corrected chi connectivity index (χ2v) is 8.84. The van der Waals surface area contributed by atoms with Gasteiger partial charge in [-0.15, -0.1) is 5.10 Å². The van der Waals surface area contributed by atoms with Crippen LogP contribution in [0.5, 0.6) is 0 Å². The molecule has 0 saturated carbocycles. The van der Waals surface area contributed by atoms with Gasteiger partial charge in [-0.25, -0.2) is 9.07 Å². The molecule has 204 valence electrons.